The zero-order valence-corrected chi connectivity index (χ0v) is 15.3. The van der Waals surface area contributed by atoms with Crippen LogP contribution in [0.5, 0.6) is 0 Å². The van der Waals surface area contributed by atoms with Crippen molar-refractivity contribution in [2.45, 2.75) is 26.8 Å². The fourth-order valence-electron chi connectivity index (χ4n) is 2.29. The van der Waals surface area contributed by atoms with Gasteiger partial charge in [-0.15, -0.1) is 0 Å². The molecule has 0 bridgehead atoms. The molecule has 2 rings (SSSR count). The van der Waals surface area contributed by atoms with E-state index in [0.29, 0.717) is 12.1 Å². The van der Waals surface area contributed by atoms with Crippen LogP contribution in [0.3, 0.4) is 0 Å². The number of esters is 1. The molecule has 2 aromatic rings. The second-order valence-corrected chi connectivity index (χ2v) is 6.36. The number of benzene rings is 2. The maximum atomic E-state index is 13.2. The van der Waals surface area contributed by atoms with Crippen LogP contribution in [-0.2, 0) is 9.53 Å². The second kappa shape index (κ2) is 8.27. The van der Waals surface area contributed by atoms with Gasteiger partial charge >= 0.3 is 5.97 Å². The normalized spacial score (nSPS) is 11.8. The molecule has 1 N–H and O–H groups in total. The fraction of sp³-hybridized carbons (Fsp3) is 0.263. The van der Waals surface area contributed by atoms with E-state index in [-0.39, 0.29) is 16.6 Å². The second-order valence-electron chi connectivity index (χ2n) is 5.96. The molecule has 4 nitrogen and oxygen atoms in total. The highest BCUT2D eigenvalue weighted by Gasteiger charge is 2.18. The summed E-state index contributed by atoms with van der Waals surface area (Å²) >= 11 is 5.70. The molecule has 0 radical (unpaired) electrons. The van der Waals surface area contributed by atoms with Crippen molar-refractivity contribution in [1.82, 2.24) is 5.32 Å². The predicted octanol–water partition coefficient (Wildman–Crippen LogP) is 4.27. The largest absolute Gasteiger partial charge is 0.452 e. The number of nitrogens with one attached hydrogen (secondary N) is 1. The molecule has 1 amide bonds. The van der Waals surface area contributed by atoms with Crippen LogP contribution in [0.2, 0.25) is 5.02 Å². The third-order valence-electron chi connectivity index (χ3n) is 3.97. The molecule has 0 fully saturated rings. The highest BCUT2D eigenvalue weighted by molar-refractivity contribution is 6.33. The molecule has 138 valence electrons. The van der Waals surface area contributed by atoms with Crippen LogP contribution in [0.15, 0.2) is 30.3 Å². The molecular formula is C19H18ClF2NO3. The first kappa shape index (κ1) is 19.8. The summed E-state index contributed by atoms with van der Waals surface area (Å²) in [5.74, 6) is -3.94. The Balaban J connectivity index is 1.95. The first-order valence-electron chi connectivity index (χ1n) is 7.87. The Labute approximate surface area is 155 Å². The van der Waals surface area contributed by atoms with Crippen LogP contribution in [0.4, 0.5) is 8.78 Å². The molecular weight excluding hydrogens is 364 g/mol. The van der Waals surface area contributed by atoms with Gasteiger partial charge in [-0.25, -0.2) is 13.6 Å². The van der Waals surface area contributed by atoms with Crippen molar-refractivity contribution in [1.29, 1.82) is 0 Å². The van der Waals surface area contributed by atoms with Crippen molar-refractivity contribution < 1.29 is 23.1 Å². The molecule has 0 aromatic heterocycles. The summed E-state index contributed by atoms with van der Waals surface area (Å²) in [6.45, 7) is 5.20. The van der Waals surface area contributed by atoms with Gasteiger partial charge in [0.1, 0.15) is 0 Å². The van der Waals surface area contributed by atoms with Crippen molar-refractivity contribution in [2.24, 2.45) is 0 Å². The van der Waals surface area contributed by atoms with Crippen LogP contribution in [-0.4, -0.2) is 18.5 Å². The van der Waals surface area contributed by atoms with Crippen molar-refractivity contribution in [3.8, 4) is 0 Å². The van der Waals surface area contributed by atoms with Gasteiger partial charge in [0.2, 0.25) is 0 Å². The first-order chi connectivity index (χ1) is 12.2. The van der Waals surface area contributed by atoms with Gasteiger partial charge in [0, 0.05) is 0 Å². The van der Waals surface area contributed by atoms with E-state index in [4.69, 9.17) is 16.3 Å². The Morgan fingerprint density at radius 3 is 2.42 bits per heavy atom. The summed E-state index contributed by atoms with van der Waals surface area (Å²) in [5.41, 5.74) is 2.81. The highest BCUT2D eigenvalue weighted by Crippen LogP contribution is 2.21. The molecule has 0 aliphatic carbocycles. The number of rotatable bonds is 5. The van der Waals surface area contributed by atoms with Gasteiger partial charge < -0.3 is 10.1 Å². The molecule has 0 aliphatic rings. The summed E-state index contributed by atoms with van der Waals surface area (Å²) in [4.78, 5) is 23.9. The number of ether oxygens (including phenoxy) is 1. The molecule has 0 saturated heterocycles. The van der Waals surface area contributed by atoms with Gasteiger partial charge in [-0.05, 0) is 49.6 Å². The third-order valence-corrected chi connectivity index (χ3v) is 4.29. The lowest BCUT2D eigenvalue weighted by molar-refractivity contribution is -0.124. The Morgan fingerprint density at radius 1 is 1.12 bits per heavy atom. The van der Waals surface area contributed by atoms with Gasteiger partial charge in [0.05, 0.1) is 16.6 Å². The average Bonchev–Trinajstić information content (AvgIpc) is 2.58. The molecule has 7 heteroatoms. The van der Waals surface area contributed by atoms with E-state index in [2.05, 4.69) is 5.32 Å². The summed E-state index contributed by atoms with van der Waals surface area (Å²) in [6, 6.07) is 6.85. The van der Waals surface area contributed by atoms with E-state index < -0.39 is 30.1 Å². The van der Waals surface area contributed by atoms with Gasteiger partial charge in [0.15, 0.2) is 18.2 Å². The topological polar surface area (TPSA) is 55.4 Å². The summed E-state index contributed by atoms with van der Waals surface area (Å²) in [7, 11) is 0. The monoisotopic (exact) mass is 381 g/mol. The highest BCUT2D eigenvalue weighted by atomic mass is 35.5. The number of amides is 1. The van der Waals surface area contributed by atoms with Crippen molar-refractivity contribution in [3.05, 3.63) is 69.2 Å². The number of hydrogen-bond donors (Lipinski definition) is 1. The van der Waals surface area contributed by atoms with Crippen molar-refractivity contribution in [3.63, 3.8) is 0 Å². The number of hydrogen-bond acceptors (Lipinski definition) is 3. The maximum Gasteiger partial charge on any atom is 0.340 e. The molecule has 26 heavy (non-hydrogen) atoms. The zero-order valence-electron chi connectivity index (χ0n) is 14.5. The van der Waals surface area contributed by atoms with E-state index in [0.717, 1.165) is 16.7 Å². The van der Waals surface area contributed by atoms with Gasteiger partial charge in [-0.2, -0.15) is 0 Å². The lowest BCUT2D eigenvalue weighted by atomic mass is 10.0. The van der Waals surface area contributed by atoms with Crippen LogP contribution >= 0.6 is 11.6 Å². The van der Waals surface area contributed by atoms with Crippen LogP contribution in [0.25, 0.3) is 0 Å². The van der Waals surface area contributed by atoms with E-state index in [1.807, 2.05) is 32.0 Å². The first-order valence-corrected chi connectivity index (χ1v) is 8.25. The number of aryl methyl sites for hydroxylation is 2. The molecule has 0 unspecified atom stereocenters. The fourth-order valence-corrected chi connectivity index (χ4v) is 2.52. The Kier molecular flexibility index (Phi) is 6.32. The van der Waals surface area contributed by atoms with Gasteiger partial charge in [-0.1, -0.05) is 29.8 Å². The van der Waals surface area contributed by atoms with E-state index in [9.17, 15) is 18.4 Å². The molecule has 2 aromatic carbocycles. The average molecular weight is 382 g/mol. The quantitative estimate of drug-likeness (QED) is 0.621. The van der Waals surface area contributed by atoms with Crippen molar-refractivity contribution >= 4 is 23.5 Å². The van der Waals surface area contributed by atoms with Crippen molar-refractivity contribution in [2.75, 3.05) is 6.61 Å². The standard InChI is InChI=1S/C19H18ClF2NO3/c1-10-4-5-13(6-11(10)2)12(3)23-18(24)9-26-19(25)14-7-16(21)17(22)8-15(14)20/h4-8,12H,9H2,1-3H3,(H,23,24)/t12-/m1/s1. The molecule has 0 spiro atoms. The minimum atomic E-state index is -1.23. The molecule has 0 heterocycles. The maximum absolute atomic E-state index is 13.2. The minimum absolute atomic E-state index is 0.285. The molecule has 0 saturated carbocycles. The molecule has 0 aliphatic heterocycles. The van der Waals surface area contributed by atoms with E-state index in [1.54, 1.807) is 6.92 Å². The van der Waals surface area contributed by atoms with E-state index in [1.165, 1.54) is 0 Å². The Hall–Kier alpha value is -2.47. The predicted molar refractivity (Wildman–Crippen MR) is 94.1 cm³/mol. The summed E-state index contributed by atoms with van der Waals surface area (Å²) < 4.78 is 31.1. The zero-order chi connectivity index (χ0) is 19.4. The molecule has 1 atom stereocenters. The van der Waals surface area contributed by atoms with Gasteiger partial charge in [-0.3, -0.25) is 4.79 Å². The number of carbonyl (C=O) groups is 2. The van der Waals surface area contributed by atoms with Crippen LogP contribution in [0, 0.1) is 25.5 Å². The summed E-state index contributed by atoms with van der Waals surface area (Å²) in [6.07, 6.45) is 0. The minimum Gasteiger partial charge on any atom is -0.452 e. The number of halogens is 3. The van der Waals surface area contributed by atoms with Gasteiger partial charge in [0.25, 0.3) is 5.91 Å². The van der Waals surface area contributed by atoms with Crippen LogP contribution < -0.4 is 5.32 Å². The SMILES string of the molecule is Cc1ccc([C@@H](C)NC(=O)COC(=O)c2cc(F)c(F)cc2Cl)cc1C. The lowest BCUT2D eigenvalue weighted by Gasteiger charge is -2.16. The number of carbonyl (C=O) groups excluding carboxylic acids is 2. The summed E-state index contributed by atoms with van der Waals surface area (Å²) in [5, 5.41) is 2.41. The Bertz CT molecular complexity index is 855. The third kappa shape index (κ3) is 4.79. The van der Waals surface area contributed by atoms with Crippen LogP contribution in [0.1, 0.15) is 40.0 Å². The Morgan fingerprint density at radius 2 is 1.77 bits per heavy atom. The smallest absolute Gasteiger partial charge is 0.340 e. The van der Waals surface area contributed by atoms with E-state index >= 15 is 0 Å². The lowest BCUT2D eigenvalue weighted by Crippen LogP contribution is -2.31.